The Morgan fingerprint density at radius 2 is 1.76 bits per heavy atom. The van der Waals surface area contributed by atoms with E-state index in [0.29, 0.717) is 5.56 Å². The molecule has 6 heteroatoms. The second kappa shape index (κ2) is 7.90. The highest BCUT2D eigenvalue weighted by molar-refractivity contribution is 5.84. The van der Waals surface area contributed by atoms with Gasteiger partial charge in [-0.05, 0) is 18.6 Å². The van der Waals surface area contributed by atoms with Gasteiger partial charge in [-0.2, -0.15) is 5.10 Å². The van der Waals surface area contributed by atoms with Crippen LogP contribution in [-0.4, -0.2) is 47.2 Å². The molecule has 0 saturated carbocycles. The number of hydrazone groups is 1. The number of rotatable bonds is 5. The predicted molar refractivity (Wildman–Crippen MR) is 98.7 cm³/mol. The summed E-state index contributed by atoms with van der Waals surface area (Å²) in [6.07, 6.45) is 1.59. The van der Waals surface area contributed by atoms with Crippen molar-refractivity contribution in [3.8, 4) is 0 Å². The Labute approximate surface area is 147 Å². The summed E-state index contributed by atoms with van der Waals surface area (Å²) in [5.41, 5.74) is 3.22. The minimum absolute atomic E-state index is 0.0873. The van der Waals surface area contributed by atoms with Gasteiger partial charge in [-0.15, -0.1) is 0 Å². The molecule has 130 valence electrons. The molecule has 0 atom stereocenters. The molecule has 3 rings (SSSR count). The smallest absolute Gasteiger partial charge is 0.278 e. The van der Waals surface area contributed by atoms with Crippen molar-refractivity contribution in [3.63, 3.8) is 0 Å². The minimum atomic E-state index is -0.374. The van der Waals surface area contributed by atoms with Gasteiger partial charge in [0, 0.05) is 38.8 Å². The molecule has 0 radical (unpaired) electrons. The summed E-state index contributed by atoms with van der Waals surface area (Å²) in [6, 6.07) is 15.3. The van der Waals surface area contributed by atoms with Crippen LogP contribution in [0.2, 0.25) is 0 Å². The van der Waals surface area contributed by atoms with Crippen LogP contribution in [-0.2, 0) is 6.54 Å². The fourth-order valence-electron chi connectivity index (χ4n) is 2.87. The lowest BCUT2D eigenvalue weighted by molar-refractivity contribution is -0.385. The molecular weight excluding hydrogens is 316 g/mol. The van der Waals surface area contributed by atoms with Crippen molar-refractivity contribution in [3.05, 3.63) is 75.3 Å². The maximum atomic E-state index is 11.0. The van der Waals surface area contributed by atoms with Crippen LogP contribution in [0.25, 0.3) is 0 Å². The van der Waals surface area contributed by atoms with Crippen molar-refractivity contribution in [2.75, 3.05) is 26.2 Å². The number of aryl methyl sites for hydroxylation is 1. The summed E-state index contributed by atoms with van der Waals surface area (Å²) in [5.74, 6) is 0. The Balaban J connectivity index is 1.54. The Morgan fingerprint density at radius 3 is 2.44 bits per heavy atom. The summed E-state index contributed by atoms with van der Waals surface area (Å²) in [6.45, 7) is 6.55. The van der Waals surface area contributed by atoms with E-state index in [2.05, 4.69) is 41.2 Å². The molecule has 0 unspecified atom stereocenters. The van der Waals surface area contributed by atoms with E-state index in [0.717, 1.165) is 32.7 Å². The molecule has 0 aromatic heterocycles. The first kappa shape index (κ1) is 17.1. The van der Waals surface area contributed by atoms with E-state index in [9.17, 15) is 10.1 Å². The van der Waals surface area contributed by atoms with E-state index in [4.69, 9.17) is 0 Å². The van der Waals surface area contributed by atoms with Crippen molar-refractivity contribution in [1.82, 2.24) is 9.91 Å². The molecule has 1 aliphatic heterocycles. The molecule has 1 saturated heterocycles. The summed E-state index contributed by atoms with van der Waals surface area (Å²) >= 11 is 0. The van der Waals surface area contributed by atoms with E-state index >= 15 is 0 Å². The van der Waals surface area contributed by atoms with Crippen molar-refractivity contribution < 1.29 is 4.92 Å². The number of nitrogens with zero attached hydrogens (tertiary/aromatic N) is 4. The van der Waals surface area contributed by atoms with Crippen LogP contribution in [0.15, 0.2) is 53.6 Å². The zero-order valence-electron chi connectivity index (χ0n) is 14.3. The third-order valence-corrected chi connectivity index (χ3v) is 4.37. The van der Waals surface area contributed by atoms with E-state index in [-0.39, 0.29) is 10.6 Å². The predicted octanol–water partition coefficient (Wildman–Crippen LogP) is 3.05. The number of hydrogen-bond donors (Lipinski definition) is 0. The van der Waals surface area contributed by atoms with Crippen LogP contribution in [0.4, 0.5) is 5.69 Å². The summed E-state index contributed by atoms with van der Waals surface area (Å²) in [7, 11) is 0. The molecule has 25 heavy (non-hydrogen) atoms. The van der Waals surface area contributed by atoms with Crippen LogP contribution in [0.1, 0.15) is 16.7 Å². The first-order valence-electron chi connectivity index (χ1n) is 8.42. The third kappa shape index (κ3) is 4.64. The summed E-state index contributed by atoms with van der Waals surface area (Å²) < 4.78 is 0. The van der Waals surface area contributed by atoms with Gasteiger partial charge >= 0.3 is 0 Å². The third-order valence-electron chi connectivity index (χ3n) is 4.37. The maximum absolute atomic E-state index is 11.0. The first-order chi connectivity index (χ1) is 12.1. The van der Waals surface area contributed by atoms with Crippen LogP contribution in [0.5, 0.6) is 0 Å². The number of nitro groups is 1. The van der Waals surface area contributed by atoms with Crippen molar-refractivity contribution in [2.45, 2.75) is 13.5 Å². The highest BCUT2D eigenvalue weighted by Crippen LogP contribution is 2.16. The average molecular weight is 338 g/mol. The molecule has 0 N–H and O–H groups in total. The zero-order chi connectivity index (χ0) is 17.6. The number of para-hydroxylation sites is 1. The van der Waals surface area contributed by atoms with Gasteiger partial charge in [0.15, 0.2) is 0 Å². The van der Waals surface area contributed by atoms with Gasteiger partial charge in [-0.3, -0.25) is 20.0 Å². The minimum Gasteiger partial charge on any atom is -0.295 e. The maximum Gasteiger partial charge on any atom is 0.278 e. The Hall–Kier alpha value is -2.73. The van der Waals surface area contributed by atoms with Crippen LogP contribution in [0.3, 0.4) is 0 Å². The molecule has 1 aliphatic rings. The lowest BCUT2D eigenvalue weighted by atomic mass is 10.1. The fraction of sp³-hybridized carbons (Fsp3) is 0.316. The van der Waals surface area contributed by atoms with Gasteiger partial charge in [0.05, 0.1) is 16.7 Å². The molecule has 2 aromatic rings. The normalized spacial score (nSPS) is 15.6. The highest BCUT2D eigenvalue weighted by Gasteiger charge is 2.16. The van der Waals surface area contributed by atoms with E-state index < -0.39 is 0 Å². The van der Waals surface area contributed by atoms with Gasteiger partial charge in [0.25, 0.3) is 5.69 Å². The number of nitro benzene ring substituents is 1. The largest absolute Gasteiger partial charge is 0.295 e. The first-order valence-corrected chi connectivity index (χ1v) is 8.42. The highest BCUT2D eigenvalue weighted by atomic mass is 16.6. The zero-order valence-corrected chi connectivity index (χ0v) is 14.3. The van der Waals surface area contributed by atoms with Crippen LogP contribution >= 0.6 is 0 Å². The van der Waals surface area contributed by atoms with Crippen molar-refractivity contribution in [2.24, 2.45) is 5.10 Å². The average Bonchev–Trinajstić information content (AvgIpc) is 2.63. The molecule has 1 heterocycles. The van der Waals surface area contributed by atoms with E-state index in [1.807, 2.05) is 5.01 Å². The van der Waals surface area contributed by atoms with Crippen LogP contribution in [0, 0.1) is 17.0 Å². The molecule has 0 spiro atoms. The Kier molecular flexibility index (Phi) is 5.40. The van der Waals surface area contributed by atoms with Gasteiger partial charge in [-0.25, -0.2) is 0 Å². The summed E-state index contributed by atoms with van der Waals surface area (Å²) in [5, 5.41) is 17.4. The van der Waals surface area contributed by atoms with Gasteiger partial charge in [0.2, 0.25) is 0 Å². The fourth-order valence-corrected chi connectivity index (χ4v) is 2.87. The lowest BCUT2D eigenvalue weighted by Crippen LogP contribution is -2.43. The molecule has 2 aromatic carbocycles. The SMILES string of the molecule is Cc1ccc(CN2CCN(/N=C\c3ccccc3[N+](=O)[O-])CC2)cc1. The monoisotopic (exact) mass is 338 g/mol. The van der Waals surface area contributed by atoms with E-state index in [1.165, 1.54) is 17.2 Å². The molecule has 0 aliphatic carbocycles. The van der Waals surface area contributed by atoms with Gasteiger partial charge < -0.3 is 0 Å². The molecule has 6 nitrogen and oxygen atoms in total. The standard InChI is InChI=1S/C19H22N4O2/c1-16-6-8-17(9-7-16)15-21-10-12-22(13-11-21)20-14-18-4-2-3-5-19(18)23(24)25/h2-9,14H,10-13,15H2,1H3/b20-14-. The van der Waals surface area contributed by atoms with Crippen LogP contribution < -0.4 is 0 Å². The Morgan fingerprint density at radius 1 is 1.08 bits per heavy atom. The topological polar surface area (TPSA) is 62.0 Å². The number of benzene rings is 2. The van der Waals surface area contributed by atoms with Crippen molar-refractivity contribution in [1.29, 1.82) is 0 Å². The number of hydrogen-bond acceptors (Lipinski definition) is 5. The molecule has 1 fully saturated rings. The molecule has 0 bridgehead atoms. The quantitative estimate of drug-likeness (QED) is 0.477. The second-order valence-electron chi connectivity index (χ2n) is 6.28. The van der Waals surface area contributed by atoms with Gasteiger partial charge in [-0.1, -0.05) is 42.0 Å². The second-order valence-corrected chi connectivity index (χ2v) is 6.28. The van der Waals surface area contributed by atoms with Gasteiger partial charge in [0.1, 0.15) is 0 Å². The van der Waals surface area contributed by atoms with Crippen molar-refractivity contribution >= 4 is 11.9 Å². The molecular formula is C19H22N4O2. The Bertz CT molecular complexity index is 750. The summed E-state index contributed by atoms with van der Waals surface area (Å²) in [4.78, 5) is 13.1. The lowest BCUT2D eigenvalue weighted by Gasteiger charge is -2.33. The molecule has 0 amide bonds. The number of piperazine rings is 1. The van der Waals surface area contributed by atoms with E-state index in [1.54, 1.807) is 24.4 Å².